The number of thioether (sulfide) groups is 1. The van der Waals surface area contributed by atoms with Gasteiger partial charge in [0.05, 0.1) is 10.9 Å². The zero-order valence-corrected chi connectivity index (χ0v) is 15.4. The van der Waals surface area contributed by atoms with E-state index in [1.54, 1.807) is 17.7 Å². The number of benzene rings is 2. The van der Waals surface area contributed by atoms with Crippen LogP contribution in [-0.2, 0) is 17.6 Å². The maximum absolute atomic E-state index is 12.6. The number of rotatable bonds is 6. The van der Waals surface area contributed by atoms with Gasteiger partial charge in [-0.05, 0) is 36.8 Å². The van der Waals surface area contributed by atoms with Crippen LogP contribution in [0.3, 0.4) is 0 Å². The number of aromatic nitrogens is 2. The molecule has 0 unspecified atom stereocenters. The summed E-state index contributed by atoms with van der Waals surface area (Å²) in [5.41, 5.74) is 7.76. The van der Waals surface area contributed by atoms with Crippen LogP contribution in [0.25, 0.3) is 10.9 Å². The van der Waals surface area contributed by atoms with Crippen LogP contribution in [0.15, 0.2) is 52.4 Å². The Morgan fingerprint density at radius 1 is 1.27 bits per heavy atom. The number of hydrogen-bond donors (Lipinski definition) is 1. The minimum absolute atomic E-state index is 0.0558. The average Bonchev–Trinajstić information content (AvgIpc) is 2.63. The van der Waals surface area contributed by atoms with Crippen molar-refractivity contribution in [2.75, 3.05) is 6.61 Å². The van der Waals surface area contributed by atoms with Gasteiger partial charge in [-0.25, -0.2) is 4.98 Å². The molecular weight excluding hydrogens is 350 g/mol. The lowest BCUT2D eigenvalue weighted by Crippen LogP contribution is -2.20. The number of amides is 1. The summed E-state index contributed by atoms with van der Waals surface area (Å²) in [4.78, 5) is 28.0. The summed E-state index contributed by atoms with van der Waals surface area (Å²) in [6.07, 6.45) is 0. The van der Waals surface area contributed by atoms with Crippen molar-refractivity contribution in [3.8, 4) is 5.75 Å². The van der Waals surface area contributed by atoms with Crippen molar-refractivity contribution in [1.82, 2.24) is 9.55 Å². The first-order chi connectivity index (χ1) is 12.4. The second-order valence-electron chi connectivity index (χ2n) is 5.97. The van der Waals surface area contributed by atoms with E-state index in [0.717, 1.165) is 11.1 Å². The number of nitrogens with zero attached hydrogens (tertiary/aromatic N) is 2. The van der Waals surface area contributed by atoms with E-state index in [1.165, 1.54) is 11.8 Å². The molecule has 7 heteroatoms. The van der Waals surface area contributed by atoms with Crippen LogP contribution in [0.2, 0.25) is 0 Å². The van der Waals surface area contributed by atoms with Crippen LogP contribution in [0.1, 0.15) is 11.1 Å². The molecule has 0 atom stereocenters. The van der Waals surface area contributed by atoms with Crippen LogP contribution >= 0.6 is 11.8 Å². The fourth-order valence-electron chi connectivity index (χ4n) is 2.52. The number of aryl methyl sites for hydroxylation is 1. The van der Waals surface area contributed by atoms with E-state index in [4.69, 9.17) is 10.5 Å². The fourth-order valence-corrected chi connectivity index (χ4v) is 3.44. The maximum atomic E-state index is 12.6. The highest BCUT2D eigenvalue weighted by Gasteiger charge is 2.09. The maximum Gasteiger partial charge on any atom is 0.261 e. The lowest BCUT2D eigenvalue weighted by molar-refractivity contribution is -0.119. The molecule has 0 fully saturated rings. The van der Waals surface area contributed by atoms with Crippen LogP contribution in [-0.4, -0.2) is 22.1 Å². The van der Waals surface area contributed by atoms with Gasteiger partial charge < -0.3 is 10.5 Å². The zero-order valence-electron chi connectivity index (χ0n) is 14.6. The highest BCUT2D eigenvalue weighted by atomic mass is 32.2. The number of ether oxygens (including phenoxy) is 1. The Morgan fingerprint density at radius 2 is 2.08 bits per heavy atom. The molecule has 0 aliphatic carbocycles. The molecule has 2 N–H and O–H groups in total. The third kappa shape index (κ3) is 4.05. The lowest BCUT2D eigenvalue weighted by Gasteiger charge is -2.10. The molecular formula is C19H19N3O3S. The molecule has 26 heavy (non-hydrogen) atoms. The molecule has 1 aromatic heterocycles. The molecule has 0 bridgehead atoms. The molecule has 1 amide bonds. The second-order valence-corrected chi connectivity index (χ2v) is 6.91. The molecule has 6 nitrogen and oxygen atoms in total. The monoisotopic (exact) mass is 369 g/mol. The molecule has 2 aromatic carbocycles. The van der Waals surface area contributed by atoms with Gasteiger partial charge in [0, 0.05) is 12.8 Å². The molecule has 134 valence electrons. The summed E-state index contributed by atoms with van der Waals surface area (Å²) in [5, 5.41) is 1.27. The molecule has 3 aromatic rings. The van der Waals surface area contributed by atoms with Gasteiger partial charge in [0.2, 0.25) is 0 Å². The molecule has 0 aliphatic rings. The highest BCUT2D eigenvalue weighted by Crippen LogP contribution is 2.24. The van der Waals surface area contributed by atoms with Gasteiger partial charge in [0.25, 0.3) is 11.5 Å². The molecule has 0 radical (unpaired) electrons. The highest BCUT2D eigenvalue weighted by molar-refractivity contribution is 7.98. The van der Waals surface area contributed by atoms with Crippen LogP contribution < -0.4 is 16.0 Å². The number of nitrogens with two attached hydrogens (primary N) is 1. The zero-order chi connectivity index (χ0) is 18.7. The Labute approximate surface area is 155 Å². The number of carbonyl (C=O) groups excluding carboxylic acids is 1. The van der Waals surface area contributed by atoms with Crippen molar-refractivity contribution in [1.29, 1.82) is 0 Å². The van der Waals surface area contributed by atoms with Gasteiger partial charge in [0.1, 0.15) is 5.75 Å². The van der Waals surface area contributed by atoms with Crippen molar-refractivity contribution in [2.24, 2.45) is 12.8 Å². The largest absolute Gasteiger partial charge is 0.484 e. The summed E-state index contributed by atoms with van der Waals surface area (Å²) >= 11 is 1.47. The van der Waals surface area contributed by atoms with Crippen molar-refractivity contribution < 1.29 is 9.53 Å². The molecule has 1 heterocycles. The quantitative estimate of drug-likeness (QED) is 0.532. The summed E-state index contributed by atoms with van der Waals surface area (Å²) in [6, 6.07) is 13.1. The number of carbonyl (C=O) groups is 1. The predicted molar refractivity (Wildman–Crippen MR) is 102 cm³/mol. The Kier molecular flexibility index (Phi) is 5.27. The standard InChI is InChI=1S/C19H19N3O3S/c1-12-6-7-16-15(8-12)18(24)22(2)19(21-16)26-11-13-4-3-5-14(9-13)25-10-17(20)23/h3-9H,10-11H2,1-2H3,(H2,20,23). The number of primary amides is 1. The normalized spacial score (nSPS) is 10.8. The third-order valence-corrected chi connectivity index (χ3v) is 4.94. The minimum atomic E-state index is -0.518. The van der Waals surface area contributed by atoms with Crippen molar-refractivity contribution >= 4 is 28.6 Å². The number of fused-ring (bicyclic) bond motifs is 1. The van der Waals surface area contributed by atoms with Gasteiger partial charge in [0.15, 0.2) is 11.8 Å². The topological polar surface area (TPSA) is 87.2 Å². The second kappa shape index (κ2) is 7.61. The molecule has 3 rings (SSSR count). The van der Waals surface area contributed by atoms with E-state index in [1.807, 2.05) is 43.3 Å². The first-order valence-electron chi connectivity index (χ1n) is 8.04. The van der Waals surface area contributed by atoms with Crippen molar-refractivity contribution in [2.45, 2.75) is 17.8 Å². The molecule has 0 saturated carbocycles. The van der Waals surface area contributed by atoms with Gasteiger partial charge in [-0.2, -0.15) is 0 Å². The van der Waals surface area contributed by atoms with Gasteiger partial charge >= 0.3 is 0 Å². The van der Waals surface area contributed by atoms with Gasteiger partial charge in [-0.15, -0.1) is 0 Å². The molecule has 0 saturated heterocycles. The Hall–Kier alpha value is -2.80. The van der Waals surface area contributed by atoms with Crippen LogP contribution in [0.5, 0.6) is 5.75 Å². The Morgan fingerprint density at radius 3 is 2.85 bits per heavy atom. The Bertz CT molecular complexity index is 1030. The minimum Gasteiger partial charge on any atom is -0.484 e. The van der Waals surface area contributed by atoms with Gasteiger partial charge in [-0.1, -0.05) is 35.5 Å². The summed E-state index contributed by atoms with van der Waals surface area (Å²) in [7, 11) is 1.73. The fraction of sp³-hybridized carbons (Fsp3) is 0.211. The van der Waals surface area contributed by atoms with E-state index in [-0.39, 0.29) is 12.2 Å². The van der Waals surface area contributed by atoms with Crippen molar-refractivity contribution in [3.63, 3.8) is 0 Å². The predicted octanol–water partition coefficient (Wildman–Crippen LogP) is 2.40. The first kappa shape index (κ1) is 18.0. The van der Waals surface area contributed by atoms with E-state index < -0.39 is 5.91 Å². The smallest absolute Gasteiger partial charge is 0.261 e. The molecule has 0 spiro atoms. The van der Waals surface area contributed by atoms with Crippen LogP contribution in [0.4, 0.5) is 0 Å². The Balaban J connectivity index is 1.81. The third-order valence-electron chi connectivity index (χ3n) is 3.84. The SMILES string of the molecule is Cc1ccc2nc(SCc3cccc(OCC(N)=O)c3)n(C)c(=O)c2c1. The lowest BCUT2D eigenvalue weighted by atomic mass is 10.2. The van der Waals surface area contributed by atoms with Crippen LogP contribution in [0, 0.1) is 6.92 Å². The summed E-state index contributed by atoms with van der Waals surface area (Å²) in [6.45, 7) is 1.80. The first-order valence-corrected chi connectivity index (χ1v) is 9.03. The molecule has 0 aliphatic heterocycles. The van der Waals surface area contributed by atoms with E-state index in [9.17, 15) is 9.59 Å². The summed E-state index contributed by atoms with van der Waals surface area (Å²) in [5.74, 6) is 0.680. The summed E-state index contributed by atoms with van der Waals surface area (Å²) < 4.78 is 6.89. The number of hydrogen-bond acceptors (Lipinski definition) is 5. The van der Waals surface area contributed by atoms with E-state index in [0.29, 0.717) is 27.6 Å². The van der Waals surface area contributed by atoms with Gasteiger partial charge in [-0.3, -0.25) is 14.2 Å². The van der Waals surface area contributed by atoms with E-state index >= 15 is 0 Å². The average molecular weight is 369 g/mol. The van der Waals surface area contributed by atoms with Crippen molar-refractivity contribution in [3.05, 3.63) is 63.9 Å². The van der Waals surface area contributed by atoms with E-state index in [2.05, 4.69) is 4.98 Å².